The molecule has 2 aromatic carbocycles. The summed E-state index contributed by atoms with van der Waals surface area (Å²) in [5, 5.41) is 10.2. The molecule has 0 aliphatic heterocycles. The lowest BCUT2D eigenvalue weighted by molar-refractivity contribution is 0.195. The standard InChI is InChI=1S/C18H18O3S/c19-17-12-11-15(14-7-3-1-4-8-14)13-18(17)22(20,21)16-9-5-2-6-10-16/h1-10,13,15,17,19H,11-12H2/t15-,17+/m0/s1. The van der Waals surface area contributed by atoms with Gasteiger partial charge in [0, 0.05) is 5.92 Å². The first-order chi connectivity index (χ1) is 10.6. The Kier molecular flexibility index (Phi) is 4.14. The van der Waals surface area contributed by atoms with Crippen LogP contribution in [0.5, 0.6) is 0 Å². The average Bonchev–Trinajstić information content (AvgIpc) is 2.57. The van der Waals surface area contributed by atoms with Crippen LogP contribution in [0.2, 0.25) is 0 Å². The van der Waals surface area contributed by atoms with Crippen molar-refractivity contribution in [3.8, 4) is 0 Å². The number of sulfone groups is 1. The zero-order chi connectivity index (χ0) is 15.6. The Morgan fingerprint density at radius 1 is 0.864 bits per heavy atom. The molecular formula is C18H18O3S. The number of allylic oxidation sites excluding steroid dienone is 1. The zero-order valence-electron chi connectivity index (χ0n) is 12.1. The van der Waals surface area contributed by atoms with Crippen molar-refractivity contribution in [2.24, 2.45) is 0 Å². The van der Waals surface area contributed by atoms with Gasteiger partial charge in [-0.25, -0.2) is 8.42 Å². The average molecular weight is 314 g/mol. The summed E-state index contributed by atoms with van der Waals surface area (Å²) in [6.07, 6.45) is 1.99. The first-order valence-electron chi connectivity index (χ1n) is 7.34. The van der Waals surface area contributed by atoms with Crippen LogP contribution in [-0.2, 0) is 9.84 Å². The summed E-state index contributed by atoms with van der Waals surface area (Å²) in [6.45, 7) is 0. The molecule has 0 fully saturated rings. The Morgan fingerprint density at radius 3 is 2.09 bits per heavy atom. The molecule has 0 unspecified atom stereocenters. The molecule has 0 heterocycles. The minimum absolute atomic E-state index is 0.0260. The van der Waals surface area contributed by atoms with Crippen LogP contribution in [0.1, 0.15) is 24.3 Å². The fourth-order valence-electron chi connectivity index (χ4n) is 2.84. The summed E-state index contributed by atoms with van der Waals surface area (Å²) in [6, 6.07) is 18.1. The normalized spacial score (nSPS) is 22.1. The summed E-state index contributed by atoms with van der Waals surface area (Å²) < 4.78 is 25.5. The van der Waals surface area contributed by atoms with Gasteiger partial charge in [-0.15, -0.1) is 0 Å². The maximum absolute atomic E-state index is 12.7. The number of aliphatic hydroxyl groups excluding tert-OH is 1. The minimum Gasteiger partial charge on any atom is -0.388 e. The Labute approximate surface area is 130 Å². The molecule has 0 saturated carbocycles. The quantitative estimate of drug-likeness (QED) is 0.946. The van der Waals surface area contributed by atoms with Crippen molar-refractivity contribution in [3.63, 3.8) is 0 Å². The molecule has 114 valence electrons. The van der Waals surface area contributed by atoms with Gasteiger partial charge < -0.3 is 5.11 Å². The molecular weight excluding hydrogens is 296 g/mol. The van der Waals surface area contributed by atoms with Crippen molar-refractivity contribution in [2.75, 3.05) is 0 Å². The van der Waals surface area contributed by atoms with Crippen LogP contribution in [0.4, 0.5) is 0 Å². The predicted molar refractivity (Wildman–Crippen MR) is 86.1 cm³/mol. The maximum atomic E-state index is 12.7. The third-order valence-corrected chi connectivity index (χ3v) is 5.96. The Hall–Kier alpha value is -1.91. The van der Waals surface area contributed by atoms with E-state index in [1.807, 2.05) is 30.3 Å². The molecule has 2 atom stereocenters. The highest BCUT2D eigenvalue weighted by Gasteiger charge is 2.31. The van der Waals surface area contributed by atoms with E-state index >= 15 is 0 Å². The Morgan fingerprint density at radius 2 is 1.45 bits per heavy atom. The Balaban J connectivity index is 2.02. The molecule has 0 amide bonds. The number of hydrogen-bond donors (Lipinski definition) is 1. The van der Waals surface area contributed by atoms with Gasteiger partial charge in [-0.1, -0.05) is 54.6 Å². The fraction of sp³-hybridized carbons (Fsp3) is 0.222. The van der Waals surface area contributed by atoms with E-state index < -0.39 is 15.9 Å². The van der Waals surface area contributed by atoms with Crippen LogP contribution in [0.15, 0.2) is 76.5 Å². The molecule has 2 aromatic rings. The van der Waals surface area contributed by atoms with E-state index in [-0.39, 0.29) is 15.7 Å². The maximum Gasteiger partial charge on any atom is 0.205 e. The van der Waals surface area contributed by atoms with Crippen molar-refractivity contribution < 1.29 is 13.5 Å². The van der Waals surface area contributed by atoms with Crippen LogP contribution in [-0.4, -0.2) is 19.6 Å². The molecule has 22 heavy (non-hydrogen) atoms. The highest BCUT2D eigenvalue weighted by Crippen LogP contribution is 2.35. The van der Waals surface area contributed by atoms with Gasteiger partial charge in [-0.05, 0) is 30.5 Å². The van der Waals surface area contributed by atoms with Crippen molar-refractivity contribution in [1.29, 1.82) is 0 Å². The molecule has 3 nitrogen and oxygen atoms in total. The summed E-state index contributed by atoms with van der Waals surface area (Å²) in [4.78, 5) is 0.354. The van der Waals surface area contributed by atoms with Crippen LogP contribution in [0.25, 0.3) is 0 Å². The second-order valence-corrected chi connectivity index (χ2v) is 7.45. The van der Waals surface area contributed by atoms with Gasteiger partial charge in [0.25, 0.3) is 0 Å². The number of benzene rings is 2. The third kappa shape index (κ3) is 2.85. The predicted octanol–water partition coefficient (Wildman–Crippen LogP) is 3.28. The monoisotopic (exact) mass is 314 g/mol. The van der Waals surface area contributed by atoms with Crippen molar-refractivity contribution >= 4 is 9.84 Å². The highest BCUT2D eigenvalue weighted by molar-refractivity contribution is 7.95. The molecule has 4 heteroatoms. The van der Waals surface area contributed by atoms with Crippen LogP contribution in [0.3, 0.4) is 0 Å². The van der Waals surface area contributed by atoms with E-state index in [0.29, 0.717) is 6.42 Å². The molecule has 0 radical (unpaired) electrons. The molecule has 0 saturated heterocycles. The number of rotatable bonds is 3. The van der Waals surface area contributed by atoms with Gasteiger partial charge in [0.1, 0.15) is 0 Å². The lowest BCUT2D eigenvalue weighted by Gasteiger charge is -2.25. The number of aliphatic hydroxyl groups is 1. The lowest BCUT2D eigenvalue weighted by Crippen LogP contribution is -2.24. The molecule has 1 aliphatic carbocycles. The summed E-state index contributed by atoms with van der Waals surface area (Å²) in [5.74, 6) is 0.0260. The molecule has 1 aliphatic rings. The molecule has 0 spiro atoms. The van der Waals surface area contributed by atoms with E-state index in [4.69, 9.17) is 0 Å². The second kappa shape index (κ2) is 6.07. The van der Waals surface area contributed by atoms with Crippen molar-refractivity contribution in [3.05, 3.63) is 77.2 Å². The van der Waals surface area contributed by atoms with Crippen LogP contribution >= 0.6 is 0 Å². The van der Waals surface area contributed by atoms with Gasteiger partial charge in [0.15, 0.2) is 0 Å². The zero-order valence-corrected chi connectivity index (χ0v) is 12.9. The van der Waals surface area contributed by atoms with Crippen molar-refractivity contribution in [2.45, 2.75) is 29.8 Å². The van der Waals surface area contributed by atoms with Crippen molar-refractivity contribution in [1.82, 2.24) is 0 Å². The summed E-state index contributed by atoms with van der Waals surface area (Å²) in [7, 11) is -3.64. The van der Waals surface area contributed by atoms with Gasteiger partial charge >= 0.3 is 0 Å². The highest BCUT2D eigenvalue weighted by atomic mass is 32.2. The first kappa shape index (κ1) is 15.0. The minimum atomic E-state index is -3.64. The van der Waals surface area contributed by atoms with E-state index in [0.717, 1.165) is 12.0 Å². The fourth-order valence-corrected chi connectivity index (χ4v) is 4.45. The topological polar surface area (TPSA) is 54.4 Å². The van der Waals surface area contributed by atoms with Gasteiger partial charge in [0.2, 0.25) is 9.84 Å². The Bertz CT molecular complexity index is 764. The smallest absolute Gasteiger partial charge is 0.205 e. The molecule has 3 rings (SSSR count). The first-order valence-corrected chi connectivity index (χ1v) is 8.82. The number of hydrogen-bond acceptors (Lipinski definition) is 3. The largest absolute Gasteiger partial charge is 0.388 e. The van der Waals surface area contributed by atoms with Gasteiger partial charge in [-0.3, -0.25) is 0 Å². The second-order valence-electron chi connectivity index (χ2n) is 5.50. The SMILES string of the molecule is O=S(=O)(C1=C[C@@H](c2ccccc2)CC[C@H]1O)c1ccccc1. The summed E-state index contributed by atoms with van der Waals surface area (Å²) in [5.41, 5.74) is 1.08. The molecule has 1 N–H and O–H groups in total. The summed E-state index contributed by atoms with van der Waals surface area (Å²) >= 11 is 0. The van der Waals surface area contributed by atoms with Gasteiger partial charge in [-0.2, -0.15) is 0 Å². The molecule has 0 bridgehead atoms. The van der Waals surface area contributed by atoms with E-state index in [9.17, 15) is 13.5 Å². The van der Waals surface area contributed by atoms with Gasteiger partial charge in [0.05, 0.1) is 15.9 Å². The third-order valence-electron chi connectivity index (χ3n) is 4.04. The lowest BCUT2D eigenvalue weighted by atomic mass is 9.88. The van der Waals surface area contributed by atoms with Crippen LogP contribution < -0.4 is 0 Å². The van der Waals surface area contributed by atoms with E-state index in [1.165, 1.54) is 0 Å². The van der Waals surface area contributed by atoms with E-state index in [1.54, 1.807) is 36.4 Å². The van der Waals surface area contributed by atoms with Crippen LogP contribution in [0, 0.1) is 0 Å². The van der Waals surface area contributed by atoms with E-state index in [2.05, 4.69) is 0 Å². The molecule has 0 aromatic heterocycles.